The zero-order chi connectivity index (χ0) is 20.4. The van der Waals surface area contributed by atoms with Crippen molar-refractivity contribution in [2.45, 2.75) is 33.2 Å². The van der Waals surface area contributed by atoms with Gasteiger partial charge in [-0.05, 0) is 44.4 Å². The second-order valence-corrected chi connectivity index (χ2v) is 7.81. The van der Waals surface area contributed by atoms with E-state index in [1.54, 1.807) is 17.8 Å². The summed E-state index contributed by atoms with van der Waals surface area (Å²) >= 11 is 6.50. The van der Waals surface area contributed by atoms with Crippen LogP contribution in [0.4, 0.5) is 11.5 Å². The Labute approximate surface area is 175 Å². The molecule has 0 atom stereocenters. The molecule has 0 unspecified atom stereocenters. The topological polar surface area (TPSA) is 63.1 Å². The number of amides is 1. The summed E-state index contributed by atoms with van der Waals surface area (Å²) in [7, 11) is 0. The van der Waals surface area contributed by atoms with Gasteiger partial charge in [-0.2, -0.15) is 5.10 Å². The third-order valence-electron chi connectivity index (χ3n) is 5.18. The molecule has 7 heteroatoms. The van der Waals surface area contributed by atoms with Crippen LogP contribution in [-0.4, -0.2) is 33.8 Å². The van der Waals surface area contributed by atoms with E-state index in [-0.39, 0.29) is 5.91 Å². The number of nitrogens with one attached hydrogen (secondary N) is 1. The normalized spacial score (nSPS) is 13.7. The van der Waals surface area contributed by atoms with Gasteiger partial charge >= 0.3 is 0 Å². The van der Waals surface area contributed by atoms with Crippen molar-refractivity contribution >= 4 is 29.0 Å². The number of carbonyl (C=O) groups is 1. The molecule has 4 rings (SSSR count). The van der Waals surface area contributed by atoms with Crippen molar-refractivity contribution in [2.24, 2.45) is 0 Å². The Morgan fingerprint density at radius 2 is 1.83 bits per heavy atom. The van der Waals surface area contributed by atoms with Gasteiger partial charge in [0.2, 0.25) is 0 Å². The lowest BCUT2D eigenvalue weighted by Gasteiger charge is -2.16. The lowest BCUT2D eigenvalue weighted by Crippen LogP contribution is -2.19. The molecule has 3 aromatic rings. The fourth-order valence-electron chi connectivity index (χ4n) is 3.57. The summed E-state index contributed by atoms with van der Waals surface area (Å²) < 4.78 is 1.66. The fraction of sp³-hybridized carbons (Fsp3) is 0.318. The smallest absolute Gasteiger partial charge is 0.260 e. The Hall–Kier alpha value is -2.86. The van der Waals surface area contributed by atoms with Crippen molar-refractivity contribution < 1.29 is 4.79 Å². The second-order valence-electron chi connectivity index (χ2n) is 7.45. The van der Waals surface area contributed by atoms with Crippen LogP contribution in [0.5, 0.6) is 0 Å². The number of hydrogen-bond acceptors (Lipinski definition) is 4. The molecule has 3 heterocycles. The molecule has 0 aliphatic carbocycles. The highest BCUT2D eigenvalue weighted by Crippen LogP contribution is 2.23. The highest BCUT2D eigenvalue weighted by atomic mass is 35.5. The molecule has 29 heavy (non-hydrogen) atoms. The summed E-state index contributed by atoms with van der Waals surface area (Å²) in [5, 5.41) is 7.68. The molecule has 0 spiro atoms. The lowest BCUT2D eigenvalue weighted by molar-refractivity contribution is 0.102. The van der Waals surface area contributed by atoms with E-state index >= 15 is 0 Å². The maximum Gasteiger partial charge on any atom is 0.260 e. The molecule has 0 saturated carbocycles. The van der Waals surface area contributed by atoms with Crippen LogP contribution in [0, 0.1) is 13.8 Å². The van der Waals surface area contributed by atoms with E-state index in [0.717, 1.165) is 24.5 Å². The first-order chi connectivity index (χ1) is 14.0. The van der Waals surface area contributed by atoms with Gasteiger partial charge in [-0.25, -0.2) is 9.67 Å². The molecule has 0 radical (unpaired) electrons. The average Bonchev–Trinajstić information content (AvgIpc) is 3.33. The Morgan fingerprint density at radius 3 is 2.48 bits per heavy atom. The van der Waals surface area contributed by atoms with E-state index in [9.17, 15) is 4.79 Å². The van der Waals surface area contributed by atoms with E-state index in [4.69, 9.17) is 11.6 Å². The molecule has 1 N–H and O–H groups in total. The Morgan fingerprint density at radius 1 is 1.10 bits per heavy atom. The van der Waals surface area contributed by atoms with E-state index in [2.05, 4.69) is 20.3 Å². The Balaban J connectivity index is 1.48. The van der Waals surface area contributed by atoms with E-state index < -0.39 is 0 Å². The summed E-state index contributed by atoms with van der Waals surface area (Å²) in [5.41, 5.74) is 3.90. The van der Waals surface area contributed by atoms with Crippen LogP contribution < -0.4 is 10.2 Å². The first-order valence-corrected chi connectivity index (χ1v) is 10.2. The molecule has 1 saturated heterocycles. The Bertz CT molecular complexity index is 1000. The molecule has 1 amide bonds. The van der Waals surface area contributed by atoms with Crippen LogP contribution in [0.2, 0.25) is 5.15 Å². The van der Waals surface area contributed by atoms with Crippen LogP contribution in [0.3, 0.4) is 0 Å². The molecule has 6 nitrogen and oxygen atoms in total. The quantitative estimate of drug-likeness (QED) is 0.676. The molecule has 0 bridgehead atoms. The van der Waals surface area contributed by atoms with Crippen LogP contribution in [-0.2, 0) is 6.54 Å². The van der Waals surface area contributed by atoms with Crippen molar-refractivity contribution in [1.29, 1.82) is 0 Å². The molecular weight excluding hydrogens is 386 g/mol. The number of hydrogen-bond donors (Lipinski definition) is 1. The number of nitrogens with zero attached hydrogens (tertiary/aromatic N) is 4. The zero-order valence-corrected chi connectivity index (χ0v) is 17.4. The second kappa shape index (κ2) is 8.25. The predicted molar refractivity (Wildman–Crippen MR) is 116 cm³/mol. The average molecular weight is 410 g/mol. The zero-order valence-electron chi connectivity index (χ0n) is 16.7. The highest BCUT2D eigenvalue weighted by molar-refractivity contribution is 6.33. The van der Waals surface area contributed by atoms with E-state index in [1.165, 1.54) is 18.4 Å². The van der Waals surface area contributed by atoms with Gasteiger partial charge in [0.05, 0.1) is 29.7 Å². The van der Waals surface area contributed by atoms with Gasteiger partial charge in [0.1, 0.15) is 11.0 Å². The summed E-state index contributed by atoms with van der Waals surface area (Å²) in [6.45, 7) is 6.42. The van der Waals surface area contributed by atoms with Gasteiger partial charge in [-0.1, -0.05) is 41.4 Å². The SMILES string of the molecule is Cc1ccc(Cn2nc(C)c(C(=O)Nc3ccc(N4CCCC4)nc3)c2Cl)cc1. The van der Waals surface area contributed by atoms with E-state index in [1.807, 2.05) is 43.3 Å². The minimum absolute atomic E-state index is 0.279. The summed E-state index contributed by atoms with van der Waals surface area (Å²) in [6.07, 6.45) is 4.08. The monoisotopic (exact) mass is 409 g/mol. The molecule has 1 aromatic carbocycles. The van der Waals surface area contributed by atoms with E-state index in [0.29, 0.717) is 28.6 Å². The highest BCUT2D eigenvalue weighted by Gasteiger charge is 2.21. The first kappa shape index (κ1) is 19.5. The minimum Gasteiger partial charge on any atom is -0.357 e. The third kappa shape index (κ3) is 4.27. The van der Waals surface area contributed by atoms with Crippen molar-refractivity contribution in [3.05, 3.63) is 70.1 Å². The number of benzene rings is 1. The lowest BCUT2D eigenvalue weighted by atomic mass is 10.1. The standard InChI is InChI=1S/C22H24ClN5O/c1-15-5-7-17(8-6-15)14-28-21(23)20(16(2)26-28)22(29)25-18-9-10-19(24-13-18)27-11-3-4-12-27/h5-10,13H,3-4,11-12,14H2,1-2H3,(H,25,29). The maximum atomic E-state index is 12.8. The predicted octanol–water partition coefficient (Wildman–Crippen LogP) is 4.45. The summed E-state index contributed by atoms with van der Waals surface area (Å²) in [6, 6.07) is 12.0. The van der Waals surface area contributed by atoms with Crippen molar-refractivity contribution in [1.82, 2.24) is 14.8 Å². The van der Waals surface area contributed by atoms with Gasteiger partial charge in [0.25, 0.3) is 5.91 Å². The van der Waals surface area contributed by atoms with Gasteiger partial charge in [-0.3, -0.25) is 4.79 Å². The van der Waals surface area contributed by atoms with Crippen molar-refractivity contribution in [3.8, 4) is 0 Å². The molecule has 150 valence electrons. The van der Waals surface area contributed by atoms with Gasteiger partial charge in [0, 0.05) is 13.1 Å². The van der Waals surface area contributed by atoms with Crippen molar-refractivity contribution in [3.63, 3.8) is 0 Å². The van der Waals surface area contributed by atoms with Crippen LogP contribution in [0.15, 0.2) is 42.6 Å². The number of aromatic nitrogens is 3. The summed E-state index contributed by atoms with van der Waals surface area (Å²) in [5.74, 6) is 0.666. The molecule has 1 fully saturated rings. The largest absolute Gasteiger partial charge is 0.357 e. The molecule has 1 aliphatic rings. The van der Waals surface area contributed by atoms with Gasteiger partial charge in [-0.15, -0.1) is 0 Å². The number of rotatable bonds is 5. The van der Waals surface area contributed by atoms with Crippen LogP contribution >= 0.6 is 11.6 Å². The van der Waals surface area contributed by atoms with Crippen molar-refractivity contribution in [2.75, 3.05) is 23.3 Å². The molecule has 1 aliphatic heterocycles. The number of anilines is 2. The molecule has 2 aromatic heterocycles. The first-order valence-electron chi connectivity index (χ1n) is 9.82. The fourth-order valence-corrected chi connectivity index (χ4v) is 3.89. The third-order valence-corrected chi connectivity index (χ3v) is 5.57. The van der Waals surface area contributed by atoms with Crippen LogP contribution in [0.1, 0.15) is 40.0 Å². The number of aryl methyl sites for hydroxylation is 2. The minimum atomic E-state index is -0.279. The number of pyridine rings is 1. The van der Waals surface area contributed by atoms with Crippen LogP contribution in [0.25, 0.3) is 0 Å². The van der Waals surface area contributed by atoms with Gasteiger partial charge in [0.15, 0.2) is 0 Å². The Kier molecular flexibility index (Phi) is 5.53. The van der Waals surface area contributed by atoms with Gasteiger partial charge < -0.3 is 10.2 Å². The number of halogens is 1. The summed E-state index contributed by atoms with van der Waals surface area (Å²) in [4.78, 5) is 19.5. The maximum absolute atomic E-state index is 12.8. The number of carbonyl (C=O) groups excluding carboxylic acids is 1. The molecular formula is C22H24ClN5O.